The van der Waals surface area contributed by atoms with Crippen molar-refractivity contribution in [2.75, 3.05) is 26.2 Å². The summed E-state index contributed by atoms with van der Waals surface area (Å²) < 4.78 is 26.9. The van der Waals surface area contributed by atoms with Gasteiger partial charge in [-0.05, 0) is 49.6 Å². The van der Waals surface area contributed by atoms with Crippen molar-refractivity contribution in [3.63, 3.8) is 0 Å². The molecule has 2 aromatic rings. The summed E-state index contributed by atoms with van der Waals surface area (Å²) in [5.41, 5.74) is 1.25. The van der Waals surface area contributed by atoms with Crippen LogP contribution in [-0.4, -0.2) is 55.9 Å². The van der Waals surface area contributed by atoms with Crippen molar-refractivity contribution in [1.29, 1.82) is 0 Å². The molecule has 0 saturated carbocycles. The first-order valence-corrected chi connectivity index (χ1v) is 11.5. The van der Waals surface area contributed by atoms with Crippen molar-refractivity contribution in [1.82, 2.24) is 14.5 Å². The number of hydrogen-bond donors (Lipinski definition) is 1. The van der Waals surface area contributed by atoms with Crippen LogP contribution < -0.4 is 5.32 Å². The number of benzene rings is 2. The first-order valence-electron chi connectivity index (χ1n) is 9.71. The fraction of sp³-hybridized carbons (Fsp3) is 0.381. The fourth-order valence-corrected chi connectivity index (χ4v) is 4.84. The van der Waals surface area contributed by atoms with Gasteiger partial charge in [0.05, 0.1) is 4.90 Å². The van der Waals surface area contributed by atoms with Crippen molar-refractivity contribution < 1.29 is 13.2 Å². The zero-order valence-corrected chi connectivity index (χ0v) is 18.0. The summed E-state index contributed by atoms with van der Waals surface area (Å²) in [5.74, 6) is 0. The minimum Gasteiger partial charge on any atom is -0.336 e. The van der Waals surface area contributed by atoms with Crippen molar-refractivity contribution in [2.45, 2.75) is 30.7 Å². The molecule has 2 amide bonds. The summed E-state index contributed by atoms with van der Waals surface area (Å²) in [5, 5.41) is 3.51. The highest BCUT2D eigenvalue weighted by molar-refractivity contribution is 7.89. The Labute approximate surface area is 177 Å². The Balaban J connectivity index is 1.48. The number of aryl methyl sites for hydroxylation is 1. The quantitative estimate of drug-likeness (QED) is 0.756. The standard InChI is InChI=1S/C21H26ClN3O3S/c1-17(7-8-18-5-3-2-4-6-18)23-21(26)24-13-15-25(16-14-24)29(27,28)20-11-9-19(22)10-12-20/h2-6,9-12,17H,7-8,13-16H2,1H3,(H,23,26)/t17-/m1/s1. The van der Waals surface area contributed by atoms with Gasteiger partial charge in [0.1, 0.15) is 0 Å². The Bertz CT molecular complexity index is 912. The van der Waals surface area contributed by atoms with Crippen LogP contribution in [-0.2, 0) is 16.4 Å². The molecule has 0 radical (unpaired) electrons. The third-order valence-corrected chi connectivity index (χ3v) is 7.22. The molecular weight excluding hydrogens is 410 g/mol. The van der Waals surface area contributed by atoms with E-state index in [9.17, 15) is 13.2 Å². The number of piperazine rings is 1. The predicted octanol–water partition coefficient (Wildman–Crippen LogP) is 3.38. The van der Waals surface area contributed by atoms with Gasteiger partial charge in [0.25, 0.3) is 0 Å². The van der Waals surface area contributed by atoms with Gasteiger partial charge in [-0.3, -0.25) is 0 Å². The molecule has 156 valence electrons. The van der Waals surface area contributed by atoms with Crippen molar-refractivity contribution in [3.05, 3.63) is 65.2 Å². The molecule has 0 bridgehead atoms. The maximum absolute atomic E-state index is 12.7. The average molecular weight is 436 g/mol. The van der Waals surface area contributed by atoms with Gasteiger partial charge < -0.3 is 10.2 Å². The minimum atomic E-state index is -3.57. The zero-order chi connectivity index (χ0) is 20.9. The predicted molar refractivity (Wildman–Crippen MR) is 115 cm³/mol. The van der Waals surface area contributed by atoms with Gasteiger partial charge in [-0.1, -0.05) is 41.9 Å². The molecule has 1 N–H and O–H groups in total. The number of urea groups is 1. The Hall–Kier alpha value is -2.09. The number of carbonyl (C=O) groups excluding carboxylic acids is 1. The highest BCUT2D eigenvalue weighted by atomic mass is 35.5. The molecule has 0 aliphatic carbocycles. The topological polar surface area (TPSA) is 69.7 Å². The lowest BCUT2D eigenvalue weighted by atomic mass is 10.1. The van der Waals surface area contributed by atoms with E-state index >= 15 is 0 Å². The number of halogens is 1. The highest BCUT2D eigenvalue weighted by Crippen LogP contribution is 2.20. The van der Waals surface area contributed by atoms with Gasteiger partial charge in [-0.2, -0.15) is 4.31 Å². The summed E-state index contributed by atoms with van der Waals surface area (Å²) in [4.78, 5) is 14.4. The summed E-state index contributed by atoms with van der Waals surface area (Å²) in [6.45, 7) is 3.27. The van der Waals surface area contributed by atoms with Crippen LogP contribution in [0.4, 0.5) is 4.79 Å². The van der Waals surface area contributed by atoms with Gasteiger partial charge in [-0.25, -0.2) is 13.2 Å². The Morgan fingerprint density at radius 2 is 1.66 bits per heavy atom. The second kappa shape index (κ2) is 9.61. The molecule has 1 atom stereocenters. The number of carbonyl (C=O) groups is 1. The van der Waals surface area contributed by atoms with E-state index in [0.717, 1.165) is 12.8 Å². The molecular formula is C21H26ClN3O3S. The maximum atomic E-state index is 12.7. The molecule has 1 fully saturated rings. The van der Waals surface area contributed by atoms with Crippen molar-refractivity contribution >= 4 is 27.7 Å². The number of nitrogens with one attached hydrogen (secondary N) is 1. The van der Waals surface area contributed by atoms with Crippen molar-refractivity contribution in [2.24, 2.45) is 0 Å². The van der Waals surface area contributed by atoms with Crippen LogP contribution in [0.25, 0.3) is 0 Å². The second-order valence-electron chi connectivity index (χ2n) is 7.22. The summed E-state index contributed by atoms with van der Waals surface area (Å²) in [7, 11) is -3.57. The average Bonchev–Trinajstić information content (AvgIpc) is 2.73. The van der Waals surface area contributed by atoms with Crippen LogP contribution in [0.3, 0.4) is 0 Å². The lowest BCUT2D eigenvalue weighted by Gasteiger charge is -2.34. The lowest BCUT2D eigenvalue weighted by molar-refractivity contribution is 0.169. The fourth-order valence-electron chi connectivity index (χ4n) is 3.29. The molecule has 1 saturated heterocycles. The number of hydrogen-bond acceptors (Lipinski definition) is 3. The Morgan fingerprint density at radius 1 is 1.03 bits per heavy atom. The van der Waals surface area contributed by atoms with Gasteiger partial charge in [0.15, 0.2) is 0 Å². The first kappa shape index (κ1) is 21.6. The monoisotopic (exact) mass is 435 g/mol. The molecule has 6 nitrogen and oxygen atoms in total. The van der Waals surface area contributed by atoms with E-state index in [2.05, 4.69) is 17.4 Å². The van der Waals surface area contributed by atoms with Crippen LogP contribution in [0, 0.1) is 0 Å². The van der Waals surface area contributed by atoms with Gasteiger partial charge in [-0.15, -0.1) is 0 Å². The third-order valence-electron chi connectivity index (χ3n) is 5.06. The van der Waals surface area contributed by atoms with Crippen LogP contribution in [0.2, 0.25) is 5.02 Å². The molecule has 1 heterocycles. The maximum Gasteiger partial charge on any atom is 0.317 e. The normalized spacial score (nSPS) is 16.4. The smallest absolute Gasteiger partial charge is 0.317 e. The second-order valence-corrected chi connectivity index (χ2v) is 9.59. The third kappa shape index (κ3) is 5.72. The number of sulfonamides is 1. The van der Waals surface area contributed by atoms with E-state index in [1.165, 1.54) is 22.0 Å². The first-order chi connectivity index (χ1) is 13.9. The molecule has 0 unspecified atom stereocenters. The molecule has 0 spiro atoms. The van der Waals surface area contributed by atoms with Crippen LogP contribution >= 0.6 is 11.6 Å². The highest BCUT2D eigenvalue weighted by Gasteiger charge is 2.30. The Morgan fingerprint density at radius 3 is 2.28 bits per heavy atom. The van der Waals surface area contributed by atoms with Gasteiger partial charge in [0, 0.05) is 37.2 Å². The summed E-state index contributed by atoms with van der Waals surface area (Å²) in [6.07, 6.45) is 1.75. The van der Waals surface area contributed by atoms with E-state index in [-0.39, 0.29) is 30.1 Å². The van der Waals surface area contributed by atoms with Crippen molar-refractivity contribution in [3.8, 4) is 0 Å². The molecule has 0 aromatic heterocycles. The number of nitrogens with zero attached hydrogens (tertiary/aromatic N) is 2. The molecule has 2 aromatic carbocycles. The molecule has 8 heteroatoms. The van der Waals surface area contributed by atoms with Gasteiger partial charge >= 0.3 is 6.03 Å². The van der Waals surface area contributed by atoms with Crippen LogP contribution in [0.1, 0.15) is 18.9 Å². The Kier molecular flexibility index (Phi) is 7.16. The summed E-state index contributed by atoms with van der Waals surface area (Å²) in [6, 6.07) is 16.2. The summed E-state index contributed by atoms with van der Waals surface area (Å²) >= 11 is 5.84. The van der Waals surface area contributed by atoms with E-state index in [1.807, 2.05) is 25.1 Å². The molecule has 1 aliphatic heterocycles. The van der Waals surface area contributed by atoms with E-state index in [0.29, 0.717) is 18.1 Å². The molecule has 3 rings (SSSR count). The SMILES string of the molecule is C[C@H](CCc1ccccc1)NC(=O)N1CCN(S(=O)(=O)c2ccc(Cl)cc2)CC1. The van der Waals surface area contributed by atoms with Crippen LogP contribution in [0.5, 0.6) is 0 Å². The zero-order valence-electron chi connectivity index (χ0n) is 16.4. The number of rotatable bonds is 6. The largest absolute Gasteiger partial charge is 0.336 e. The van der Waals surface area contributed by atoms with E-state index < -0.39 is 10.0 Å². The molecule has 1 aliphatic rings. The van der Waals surface area contributed by atoms with Crippen LogP contribution in [0.15, 0.2) is 59.5 Å². The van der Waals surface area contributed by atoms with E-state index in [1.54, 1.807) is 17.0 Å². The van der Waals surface area contributed by atoms with Gasteiger partial charge in [0.2, 0.25) is 10.0 Å². The lowest BCUT2D eigenvalue weighted by Crippen LogP contribution is -2.54. The number of amides is 2. The van der Waals surface area contributed by atoms with E-state index in [4.69, 9.17) is 11.6 Å². The minimum absolute atomic E-state index is 0.0403. The molecule has 29 heavy (non-hydrogen) atoms.